The molecule has 0 aliphatic heterocycles. The summed E-state index contributed by atoms with van der Waals surface area (Å²) in [5.74, 6) is 0. The van der Waals surface area contributed by atoms with E-state index in [1.54, 1.807) is 11.1 Å². The fourth-order valence-corrected chi connectivity index (χ4v) is 2.32. The smallest absolute Gasteiger partial charge is 0 e. The van der Waals surface area contributed by atoms with Gasteiger partial charge in [-0.25, -0.2) is 24.3 Å². The van der Waals surface area contributed by atoms with Crippen molar-refractivity contribution in [1.29, 1.82) is 0 Å². The number of aryl methyl sites for hydroxylation is 4. The minimum atomic E-state index is 0. The van der Waals surface area contributed by atoms with Crippen LogP contribution >= 0.6 is 0 Å². The van der Waals surface area contributed by atoms with Crippen LogP contribution in [0, 0.1) is 13.8 Å². The molecule has 0 bridgehead atoms. The molecule has 116 valence electrons. The number of unbranched alkanes of at least 4 members (excludes halogenated alkanes) is 2. The summed E-state index contributed by atoms with van der Waals surface area (Å²) >= 11 is 0. The van der Waals surface area contributed by atoms with Crippen LogP contribution in [0.1, 0.15) is 61.8 Å². The van der Waals surface area contributed by atoms with Gasteiger partial charge >= 0.3 is 0 Å². The van der Waals surface area contributed by atoms with Gasteiger partial charge in [-0.1, -0.05) is 66.2 Å². The maximum absolute atomic E-state index is 2.29. The van der Waals surface area contributed by atoms with Gasteiger partial charge in [0.1, 0.15) is 0 Å². The summed E-state index contributed by atoms with van der Waals surface area (Å²) in [6.07, 6.45) is 7.84. The zero-order valence-electron chi connectivity index (χ0n) is 14.2. The van der Waals surface area contributed by atoms with Crippen LogP contribution in [0.2, 0.25) is 0 Å². The van der Waals surface area contributed by atoms with E-state index in [0.717, 1.165) is 0 Å². The van der Waals surface area contributed by atoms with Gasteiger partial charge in [0.15, 0.2) is 0 Å². The minimum Gasteiger partial charge on any atom is -0.213 e. The van der Waals surface area contributed by atoms with Crippen LogP contribution < -0.4 is 0 Å². The monoisotopic (exact) mass is 450 g/mol. The first kappa shape index (κ1) is 20.6. The van der Waals surface area contributed by atoms with Gasteiger partial charge in [0.2, 0.25) is 0 Å². The molecule has 1 heteroatoms. The van der Waals surface area contributed by atoms with Gasteiger partial charge in [-0.3, -0.25) is 0 Å². The summed E-state index contributed by atoms with van der Waals surface area (Å²) in [4.78, 5) is 0. The number of rotatable bonds is 6. The molecule has 0 fully saturated rings. The Balaban J connectivity index is 0.000000425. The van der Waals surface area contributed by atoms with Gasteiger partial charge in [-0.05, 0) is 0 Å². The molecule has 0 N–H and O–H groups in total. The predicted octanol–water partition coefficient (Wildman–Crippen LogP) is 6.11. The first-order chi connectivity index (χ1) is 9.69. The Bertz CT molecular complexity index is 423. The Morgan fingerprint density at radius 3 is 2.10 bits per heavy atom. The molecule has 0 radical (unpaired) electrons. The normalized spacial score (nSPS) is 9.71. The predicted molar refractivity (Wildman–Crippen MR) is 90.8 cm³/mol. The molecule has 0 spiro atoms. The van der Waals surface area contributed by atoms with Crippen molar-refractivity contribution >= 4 is 0 Å². The van der Waals surface area contributed by atoms with Crippen molar-refractivity contribution in [3.63, 3.8) is 0 Å². The molecule has 0 atom stereocenters. The topological polar surface area (TPSA) is 0 Å². The van der Waals surface area contributed by atoms with Crippen LogP contribution in [0.3, 0.4) is 0 Å². The van der Waals surface area contributed by atoms with Crippen LogP contribution in [-0.4, -0.2) is 0 Å². The fourth-order valence-electron chi connectivity index (χ4n) is 2.32. The van der Waals surface area contributed by atoms with Gasteiger partial charge in [0.05, 0.1) is 0 Å². The molecule has 0 nitrogen and oxygen atoms in total. The molecule has 0 aliphatic rings. The van der Waals surface area contributed by atoms with Crippen molar-refractivity contribution in [3.8, 4) is 0 Å². The summed E-state index contributed by atoms with van der Waals surface area (Å²) < 4.78 is 0. The SMILES string of the molecule is CCCCc1ccc[c-]1CCCC.Cc1ccc[c-]1C.[Hf]. The van der Waals surface area contributed by atoms with E-state index < -0.39 is 0 Å². The molecule has 0 saturated heterocycles. The third-order valence-electron chi connectivity index (χ3n) is 3.92. The van der Waals surface area contributed by atoms with Crippen LogP contribution in [0.15, 0.2) is 36.4 Å². The molecule has 2 aromatic rings. The van der Waals surface area contributed by atoms with Crippen LogP contribution in [0.25, 0.3) is 0 Å². The van der Waals surface area contributed by atoms with Gasteiger partial charge in [-0.15, -0.1) is 0 Å². The molecule has 0 unspecified atom stereocenters. The van der Waals surface area contributed by atoms with Gasteiger partial charge in [0, 0.05) is 25.8 Å². The zero-order valence-corrected chi connectivity index (χ0v) is 17.8. The third-order valence-corrected chi connectivity index (χ3v) is 3.92. The molecular formula is C20H30Hf-2. The van der Waals surface area contributed by atoms with Crippen molar-refractivity contribution in [2.45, 2.75) is 66.2 Å². The van der Waals surface area contributed by atoms with E-state index in [0.29, 0.717) is 0 Å². The maximum atomic E-state index is 2.29. The van der Waals surface area contributed by atoms with Gasteiger partial charge in [-0.2, -0.15) is 34.4 Å². The number of hydrogen-bond donors (Lipinski definition) is 0. The summed E-state index contributed by atoms with van der Waals surface area (Å²) in [5.41, 5.74) is 5.96. The molecule has 0 aromatic heterocycles. The second-order valence-electron chi connectivity index (χ2n) is 5.68. The van der Waals surface area contributed by atoms with E-state index in [1.165, 1.54) is 49.7 Å². The van der Waals surface area contributed by atoms with E-state index in [2.05, 4.69) is 64.1 Å². The number of hydrogen-bond acceptors (Lipinski definition) is 0. The average molecular weight is 449 g/mol. The fraction of sp³-hybridized carbons (Fsp3) is 0.500. The van der Waals surface area contributed by atoms with Crippen LogP contribution in [0.5, 0.6) is 0 Å². The van der Waals surface area contributed by atoms with E-state index in [4.69, 9.17) is 0 Å². The molecule has 0 saturated carbocycles. The average Bonchev–Trinajstić information content (AvgIpc) is 3.04. The quantitative estimate of drug-likeness (QED) is 0.369. The van der Waals surface area contributed by atoms with Crippen molar-refractivity contribution < 1.29 is 25.8 Å². The summed E-state index contributed by atoms with van der Waals surface area (Å²) in [7, 11) is 0. The first-order valence-corrected chi connectivity index (χ1v) is 8.11. The van der Waals surface area contributed by atoms with Gasteiger partial charge in [0.25, 0.3) is 0 Å². The van der Waals surface area contributed by atoms with Crippen LogP contribution in [0.4, 0.5) is 0 Å². The molecule has 2 aromatic carbocycles. The second-order valence-corrected chi connectivity index (χ2v) is 5.68. The molecule has 0 heterocycles. The van der Waals surface area contributed by atoms with Crippen molar-refractivity contribution in [1.82, 2.24) is 0 Å². The van der Waals surface area contributed by atoms with E-state index in [-0.39, 0.29) is 25.8 Å². The Labute approximate surface area is 150 Å². The van der Waals surface area contributed by atoms with Crippen LogP contribution in [-0.2, 0) is 38.7 Å². The Kier molecular flexibility index (Phi) is 11.9. The van der Waals surface area contributed by atoms with E-state index in [9.17, 15) is 0 Å². The first-order valence-electron chi connectivity index (χ1n) is 8.11. The standard InChI is InChI=1S/C13H21.C7H9.Hf/c1-3-5-8-12-10-7-11-13(12)9-6-4-2;1-6-4-3-5-7(6)2;/h7,10-11H,3-6,8-9H2,1-2H3;3-5H,1-2H3;/q2*-1;. The molecule has 21 heavy (non-hydrogen) atoms. The maximum Gasteiger partial charge on any atom is 0 e. The van der Waals surface area contributed by atoms with Crippen molar-refractivity contribution in [2.75, 3.05) is 0 Å². The largest absolute Gasteiger partial charge is 0.213 e. The Hall–Kier alpha value is -0.430. The van der Waals surface area contributed by atoms with E-state index >= 15 is 0 Å². The molecular weight excluding hydrogens is 419 g/mol. The molecule has 0 aliphatic carbocycles. The Morgan fingerprint density at radius 1 is 0.952 bits per heavy atom. The minimum absolute atomic E-state index is 0. The molecule has 0 amide bonds. The molecule has 2 rings (SSSR count). The third kappa shape index (κ3) is 7.95. The zero-order chi connectivity index (χ0) is 14.8. The second kappa shape index (κ2) is 12.1. The van der Waals surface area contributed by atoms with Crippen molar-refractivity contribution in [2.24, 2.45) is 0 Å². The summed E-state index contributed by atoms with van der Waals surface area (Å²) in [5, 5.41) is 0. The Morgan fingerprint density at radius 2 is 1.62 bits per heavy atom. The summed E-state index contributed by atoms with van der Waals surface area (Å²) in [6, 6.07) is 13.1. The van der Waals surface area contributed by atoms with Gasteiger partial charge < -0.3 is 0 Å². The van der Waals surface area contributed by atoms with E-state index in [1.807, 2.05) is 0 Å². The summed E-state index contributed by atoms with van der Waals surface area (Å²) in [6.45, 7) is 8.76. The van der Waals surface area contributed by atoms with Crippen molar-refractivity contribution in [3.05, 3.63) is 58.7 Å².